The fourth-order valence-corrected chi connectivity index (χ4v) is 1.32. The van der Waals surface area contributed by atoms with Gasteiger partial charge in [0, 0.05) is 11.5 Å². The molecule has 0 saturated heterocycles. The standard InChI is InChI=1S/C4H10O4S2.2Na/c5-9(6)3-1-2-4-10(7)8;;/h1-4H2,(H,5,6)(H,7,8);;/q;2*+1/p-2. The van der Waals surface area contributed by atoms with Gasteiger partial charge < -0.3 is 9.11 Å². The summed E-state index contributed by atoms with van der Waals surface area (Å²) in [6.07, 6.45) is 0.841. The molecule has 0 aliphatic rings. The molecule has 62 valence electrons. The van der Waals surface area contributed by atoms with Gasteiger partial charge in [-0.15, -0.1) is 0 Å². The molecule has 0 aromatic rings. The second-order valence-corrected chi connectivity index (χ2v) is 3.75. The average Bonchev–Trinajstić information content (AvgIpc) is 1.79. The van der Waals surface area contributed by atoms with E-state index < -0.39 is 22.2 Å². The van der Waals surface area contributed by atoms with Crippen molar-refractivity contribution in [1.29, 1.82) is 0 Å². The molecule has 12 heavy (non-hydrogen) atoms. The Labute approximate surface area is 121 Å². The molecule has 2 unspecified atom stereocenters. The van der Waals surface area contributed by atoms with Crippen LogP contribution in [0.4, 0.5) is 0 Å². The Hall–Kier alpha value is 2.22. The summed E-state index contributed by atoms with van der Waals surface area (Å²) in [7, 11) is 0. The largest absolute Gasteiger partial charge is 1.00 e. The smallest absolute Gasteiger partial charge is 0.772 e. The van der Waals surface area contributed by atoms with Gasteiger partial charge in [0.05, 0.1) is 0 Å². The zero-order chi connectivity index (χ0) is 7.98. The number of unbranched alkanes of at least 4 members (excludes halogenated alkanes) is 1. The van der Waals surface area contributed by atoms with Crippen molar-refractivity contribution in [3.8, 4) is 0 Å². The van der Waals surface area contributed by atoms with E-state index in [2.05, 4.69) is 0 Å². The fourth-order valence-electron chi connectivity index (χ4n) is 0.440. The van der Waals surface area contributed by atoms with E-state index in [1.165, 1.54) is 0 Å². The van der Waals surface area contributed by atoms with Gasteiger partial charge in [-0.3, -0.25) is 8.42 Å². The predicted octanol–water partition coefficient (Wildman–Crippen LogP) is -6.47. The van der Waals surface area contributed by atoms with Crippen LogP contribution in [-0.4, -0.2) is 29.0 Å². The first-order valence-corrected chi connectivity index (χ1v) is 5.23. The van der Waals surface area contributed by atoms with Gasteiger partial charge >= 0.3 is 59.1 Å². The first-order chi connectivity index (χ1) is 4.63. The van der Waals surface area contributed by atoms with Crippen LogP contribution in [0.5, 0.6) is 0 Å². The third-order valence-corrected chi connectivity index (χ3v) is 2.12. The Morgan fingerprint density at radius 1 is 0.833 bits per heavy atom. The van der Waals surface area contributed by atoms with Crippen molar-refractivity contribution in [2.75, 3.05) is 11.5 Å². The van der Waals surface area contributed by atoms with Crippen LogP contribution in [0, 0.1) is 0 Å². The van der Waals surface area contributed by atoms with Crippen LogP contribution in [0.2, 0.25) is 0 Å². The van der Waals surface area contributed by atoms with E-state index >= 15 is 0 Å². The monoisotopic (exact) mass is 230 g/mol. The van der Waals surface area contributed by atoms with Gasteiger partial charge in [0.2, 0.25) is 0 Å². The molecule has 0 amide bonds. The van der Waals surface area contributed by atoms with Crippen molar-refractivity contribution in [3.63, 3.8) is 0 Å². The minimum Gasteiger partial charge on any atom is -0.772 e. The van der Waals surface area contributed by atoms with Gasteiger partial charge in [-0.05, 0) is 12.8 Å². The van der Waals surface area contributed by atoms with Gasteiger partial charge in [-0.25, -0.2) is 0 Å². The number of hydrogen-bond acceptors (Lipinski definition) is 4. The van der Waals surface area contributed by atoms with Gasteiger partial charge in [0.15, 0.2) is 0 Å². The van der Waals surface area contributed by atoms with Crippen molar-refractivity contribution >= 4 is 22.2 Å². The molecule has 4 nitrogen and oxygen atoms in total. The van der Waals surface area contributed by atoms with Crippen molar-refractivity contribution < 1.29 is 76.6 Å². The van der Waals surface area contributed by atoms with E-state index in [0.29, 0.717) is 12.8 Å². The van der Waals surface area contributed by atoms with Crippen LogP contribution in [0.1, 0.15) is 12.8 Å². The summed E-state index contributed by atoms with van der Waals surface area (Å²) in [5, 5.41) is 0. The first-order valence-electron chi connectivity index (χ1n) is 2.74. The molecule has 0 N–H and O–H groups in total. The Balaban J connectivity index is -0.000000405. The summed E-state index contributed by atoms with van der Waals surface area (Å²) in [6, 6.07) is 0. The van der Waals surface area contributed by atoms with Crippen LogP contribution >= 0.6 is 0 Å². The Morgan fingerprint density at radius 2 is 1.08 bits per heavy atom. The molecule has 2 atom stereocenters. The van der Waals surface area contributed by atoms with E-state index in [9.17, 15) is 17.5 Å². The van der Waals surface area contributed by atoms with Crippen molar-refractivity contribution in [2.24, 2.45) is 0 Å². The van der Waals surface area contributed by atoms with Crippen molar-refractivity contribution in [3.05, 3.63) is 0 Å². The van der Waals surface area contributed by atoms with E-state index in [1.54, 1.807) is 0 Å². The molecular weight excluding hydrogens is 222 g/mol. The molecule has 0 aromatic carbocycles. The average molecular weight is 230 g/mol. The molecule has 0 rings (SSSR count). The molecule has 8 heteroatoms. The summed E-state index contributed by atoms with van der Waals surface area (Å²) >= 11 is -4.06. The second-order valence-electron chi connectivity index (χ2n) is 1.72. The zero-order valence-corrected chi connectivity index (χ0v) is 12.9. The molecular formula is C4H8Na2O4S2. The molecule has 0 aliphatic heterocycles. The predicted molar refractivity (Wildman–Crippen MR) is 36.8 cm³/mol. The van der Waals surface area contributed by atoms with Crippen molar-refractivity contribution in [1.82, 2.24) is 0 Å². The maximum absolute atomic E-state index is 9.89. The summed E-state index contributed by atoms with van der Waals surface area (Å²) in [5.74, 6) is 0.106. The summed E-state index contributed by atoms with van der Waals surface area (Å²) in [6.45, 7) is 0. The molecule has 0 fully saturated rings. The van der Waals surface area contributed by atoms with Crippen LogP contribution in [-0.2, 0) is 22.2 Å². The minimum absolute atomic E-state index is 0. The third-order valence-electron chi connectivity index (χ3n) is 0.872. The Kier molecular flexibility index (Phi) is 21.7. The van der Waals surface area contributed by atoms with Crippen LogP contribution in [0.15, 0.2) is 0 Å². The number of rotatable bonds is 5. The summed E-state index contributed by atoms with van der Waals surface area (Å²) in [5.41, 5.74) is 0. The van der Waals surface area contributed by atoms with Gasteiger partial charge in [0.25, 0.3) is 0 Å². The summed E-state index contributed by atoms with van der Waals surface area (Å²) in [4.78, 5) is 0. The van der Waals surface area contributed by atoms with Gasteiger partial charge in [-0.1, -0.05) is 22.2 Å². The first kappa shape index (κ1) is 19.7. The van der Waals surface area contributed by atoms with Gasteiger partial charge in [-0.2, -0.15) is 0 Å². The molecule has 0 aliphatic carbocycles. The minimum atomic E-state index is -2.03. The Morgan fingerprint density at radius 3 is 1.25 bits per heavy atom. The topological polar surface area (TPSA) is 80.3 Å². The normalized spacial score (nSPS) is 13.8. The molecule has 0 aromatic heterocycles. The van der Waals surface area contributed by atoms with E-state index in [-0.39, 0.29) is 70.6 Å². The Bertz CT molecular complexity index is 127. The quantitative estimate of drug-likeness (QED) is 0.267. The van der Waals surface area contributed by atoms with Crippen molar-refractivity contribution in [2.45, 2.75) is 12.8 Å². The molecule has 0 saturated carbocycles. The van der Waals surface area contributed by atoms with Gasteiger partial charge in [0.1, 0.15) is 0 Å². The van der Waals surface area contributed by atoms with Crippen LogP contribution in [0.25, 0.3) is 0 Å². The van der Waals surface area contributed by atoms with Crippen LogP contribution in [0.3, 0.4) is 0 Å². The zero-order valence-electron chi connectivity index (χ0n) is 7.28. The molecule has 0 radical (unpaired) electrons. The maximum Gasteiger partial charge on any atom is 1.00 e. The number of hydrogen-bond donors (Lipinski definition) is 0. The maximum atomic E-state index is 9.89. The fraction of sp³-hybridized carbons (Fsp3) is 1.00. The third kappa shape index (κ3) is 18.1. The van der Waals surface area contributed by atoms with E-state index in [0.717, 1.165) is 0 Å². The SMILES string of the molecule is O=S([O-])CCCCS(=O)[O-].[Na+].[Na+]. The summed E-state index contributed by atoms with van der Waals surface area (Å²) < 4.78 is 39.6. The molecule has 0 bridgehead atoms. The van der Waals surface area contributed by atoms with E-state index in [4.69, 9.17) is 0 Å². The molecule has 0 heterocycles. The second kappa shape index (κ2) is 13.2. The van der Waals surface area contributed by atoms with Crippen LogP contribution < -0.4 is 59.1 Å². The molecule has 0 spiro atoms. The van der Waals surface area contributed by atoms with E-state index in [1.807, 2.05) is 0 Å².